The zero-order chi connectivity index (χ0) is 16.2. The lowest BCUT2D eigenvalue weighted by atomic mass is 10.1. The van der Waals surface area contributed by atoms with E-state index in [2.05, 4.69) is 5.32 Å². The summed E-state index contributed by atoms with van der Waals surface area (Å²) < 4.78 is 38.9. The molecule has 4 nitrogen and oxygen atoms in total. The molecule has 2 aromatic rings. The minimum Gasteiger partial charge on any atom is -0.396 e. The first-order chi connectivity index (χ1) is 10.4. The summed E-state index contributed by atoms with van der Waals surface area (Å²) in [6, 6.07) is 6.61. The van der Waals surface area contributed by atoms with Gasteiger partial charge in [0, 0.05) is 36.5 Å². The average molecular weight is 316 g/mol. The lowest BCUT2D eigenvalue weighted by Gasteiger charge is -2.19. The molecule has 3 N–H and O–H groups in total. The molecular formula is C15H19F3N2O2. The van der Waals surface area contributed by atoms with Crippen molar-refractivity contribution in [2.75, 3.05) is 18.5 Å². The van der Waals surface area contributed by atoms with Gasteiger partial charge in [0.15, 0.2) is 0 Å². The molecular weight excluding hydrogens is 297 g/mol. The fraction of sp³-hybridized carbons (Fsp3) is 0.467. The molecule has 0 unspecified atom stereocenters. The first-order valence-electron chi connectivity index (χ1n) is 7.07. The van der Waals surface area contributed by atoms with Gasteiger partial charge in [-0.2, -0.15) is 13.2 Å². The van der Waals surface area contributed by atoms with Crippen LogP contribution in [0.3, 0.4) is 0 Å². The summed E-state index contributed by atoms with van der Waals surface area (Å²) in [6.07, 6.45) is -1.94. The molecule has 0 fully saturated rings. The van der Waals surface area contributed by atoms with E-state index >= 15 is 0 Å². The summed E-state index contributed by atoms with van der Waals surface area (Å²) in [5.74, 6) is 0. The van der Waals surface area contributed by atoms with Crippen LogP contribution in [0, 0.1) is 0 Å². The smallest absolute Gasteiger partial charge is 0.396 e. The molecule has 1 aromatic carbocycles. The van der Waals surface area contributed by atoms with Crippen molar-refractivity contribution in [2.45, 2.75) is 31.6 Å². The fourth-order valence-electron chi connectivity index (χ4n) is 2.50. The number of anilines is 1. The molecule has 0 aliphatic heterocycles. The summed E-state index contributed by atoms with van der Waals surface area (Å²) in [7, 11) is 0. The predicted octanol–water partition coefficient (Wildman–Crippen LogP) is 2.75. The highest BCUT2D eigenvalue weighted by molar-refractivity contribution is 5.92. The van der Waals surface area contributed by atoms with Gasteiger partial charge in [0.2, 0.25) is 0 Å². The van der Waals surface area contributed by atoms with Crippen LogP contribution in [0.1, 0.15) is 12.8 Å². The van der Waals surface area contributed by atoms with E-state index in [4.69, 9.17) is 10.2 Å². The van der Waals surface area contributed by atoms with E-state index < -0.39 is 12.7 Å². The minimum atomic E-state index is -4.27. The van der Waals surface area contributed by atoms with E-state index in [0.717, 1.165) is 4.57 Å². The van der Waals surface area contributed by atoms with Gasteiger partial charge >= 0.3 is 6.18 Å². The number of rotatable bonds is 7. The third kappa shape index (κ3) is 4.14. The number of benzene rings is 1. The molecule has 22 heavy (non-hydrogen) atoms. The van der Waals surface area contributed by atoms with Crippen LogP contribution in [-0.4, -0.2) is 40.2 Å². The van der Waals surface area contributed by atoms with Gasteiger partial charge in [-0.1, -0.05) is 6.07 Å². The van der Waals surface area contributed by atoms with Crippen molar-refractivity contribution >= 4 is 16.6 Å². The number of nitrogens with one attached hydrogen (secondary N) is 1. The van der Waals surface area contributed by atoms with Crippen molar-refractivity contribution in [3.63, 3.8) is 0 Å². The van der Waals surface area contributed by atoms with Crippen LogP contribution >= 0.6 is 0 Å². The van der Waals surface area contributed by atoms with Crippen LogP contribution in [-0.2, 0) is 6.54 Å². The molecule has 0 amide bonds. The van der Waals surface area contributed by atoms with E-state index in [-0.39, 0.29) is 19.3 Å². The number of halogens is 3. The van der Waals surface area contributed by atoms with Crippen LogP contribution in [0.25, 0.3) is 10.9 Å². The third-order valence-corrected chi connectivity index (χ3v) is 3.48. The van der Waals surface area contributed by atoms with Gasteiger partial charge in [-0.25, -0.2) is 0 Å². The van der Waals surface area contributed by atoms with Crippen molar-refractivity contribution in [2.24, 2.45) is 0 Å². The van der Waals surface area contributed by atoms with Gasteiger partial charge in [0.25, 0.3) is 0 Å². The summed E-state index contributed by atoms with van der Waals surface area (Å²) in [6.45, 7) is -1.08. The molecule has 0 bridgehead atoms. The van der Waals surface area contributed by atoms with E-state index in [9.17, 15) is 13.2 Å². The second kappa shape index (κ2) is 7.02. The van der Waals surface area contributed by atoms with Crippen molar-refractivity contribution in [1.29, 1.82) is 0 Å². The zero-order valence-corrected chi connectivity index (χ0v) is 12.0. The van der Waals surface area contributed by atoms with Crippen molar-refractivity contribution in [3.05, 3.63) is 30.5 Å². The molecule has 0 saturated carbocycles. The number of alkyl halides is 3. The lowest BCUT2D eigenvalue weighted by molar-refractivity contribution is -0.139. The Morgan fingerprint density at radius 3 is 2.36 bits per heavy atom. The van der Waals surface area contributed by atoms with Crippen molar-refractivity contribution < 1.29 is 23.4 Å². The van der Waals surface area contributed by atoms with Crippen LogP contribution in [0.4, 0.5) is 18.9 Å². The quantitative estimate of drug-likeness (QED) is 0.736. The maximum atomic E-state index is 12.6. The molecule has 0 aliphatic rings. The molecule has 1 aromatic heterocycles. The molecule has 1 heterocycles. The van der Waals surface area contributed by atoms with Crippen LogP contribution in [0.5, 0.6) is 0 Å². The van der Waals surface area contributed by atoms with Gasteiger partial charge in [-0.15, -0.1) is 0 Å². The van der Waals surface area contributed by atoms with Crippen molar-refractivity contribution in [3.8, 4) is 0 Å². The molecule has 122 valence electrons. The Morgan fingerprint density at radius 1 is 1.09 bits per heavy atom. The molecule has 0 spiro atoms. The fourth-order valence-corrected chi connectivity index (χ4v) is 2.50. The lowest BCUT2D eigenvalue weighted by Crippen LogP contribution is -2.22. The maximum absolute atomic E-state index is 12.6. The topological polar surface area (TPSA) is 57.4 Å². The Bertz CT molecular complexity index is 604. The Labute approximate surface area is 126 Å². The minimum absolute atomic E-state index is 0.0251. The number of nitrogens with zero attached hydrogens (tertiary/aromatic N) is 1. The predicted molar refractivity (Wildman–Crippen MR) is 78.8 cm³/mol. The first kappa shape index (κ1) is 16.6. The van der Waals surface area contributed by atoms with Crippen LogP contribution in [0.15, 0.2) is 30.5 Å². The largest absolute Gasteiger partial charge is 0.406 e. The van der Waals surface area contributed by atoms with Gasteiger partial charge in [-0.05, 0) is 31.0 Å². The van der Waals surface area contributed by atoms with E-state index in [1.165, 1.54) is 6.20 Å². The molecule has 0 aliphatic carbocycles. The molecule has 7 heteroatoms. The number of aliphatic hydroxyl groups is 2. The Morgan fingerprint density at radius 2 is 1.77 bits per heavy atom. The van der Waals surface area contributed by atoms with Crippen molar-refractivity contribution in [1.82, 2.24) is 4.57 Å². The van der Waals surface area contributed by atoms with Gasteiger partial charge in [0.1, 0.15) is 6.54 Å². The highest BCUT2D eigenvalue weighted by Crippen LogP contribution is 2.28. The Balaban J connectivity index is 2.27. The summed E-state index contributed by atoms with van der Waals surface area (Å²) in [5.41, 5.74) is 1.19. The highest BCUT2D eigenvalue weighted by Gasteiger charge is 2.28. The molecule has 0 saturated heterocycles. The first-order valence-corrected chi connectivity index (χ1v) is 7.07. The number of hydrogen-bond acceptors (Lipinski definition) is 3. The second-order valence-corrected chi connectivity index (χ2v) is 5.16. The molecule has 2 rings (SSSR count). The number of fused-ring (bicyclic) bond motifs is 1. The highest BCUT2D eigenvalue weighted by atomic mass is 19.4. The monoisotopic (exact) mass is 316 g/mol. The number of hydrogen-bond donors (Lipinski definition) is 3. The number of aromatic nitrogens is 1. The third-order valence-electron chi connectivity index (χ3n) is 3.48. The van der Waals surface area contributed by atoms with Gasteiger partial charge in [-0.3, -0.25) is 0 Å². The average Bonchev–Trinajstić information content (AvgIpc) is 2.82. The molecule has 0 radical (unpaired) electrons. The van der Waals surface area contributed by atoms with E-state index in [1.54, 1.807) is 24.3 Å². The van der Waals surface area contributed by atoms with Gasteiger partial charge < -0.3 is 20.1 Å². The zero-order valence-electron chi connectivity index (χ0n) is 12.0. The maximum Gasteiger partial charge on any atom is 0.406 e. The second-order valence-electron chi connectivity index (χ2n) is 5.16. The summed E-state index contributed by atoms with van der Waals surface area (Å²) in [5, 5.41) is 21.9. The Hall–Kier alpha value is -1.73. The normalized spacial score (nSPS) is 12.3. The summed E-state index contributed by atoms with van der Waals surface area (Å²) in [4.78, 5) is 0. The SMILES string of the molecule is OCCC(CCO)Nc1cccc2c1ccn2CC(F)(F)F. The standard InChI is InChI=1S/C15H19F3N2O2/c16-15(17,18)10-20-7-4-12-13(2-1-3-14(12)20)19-11(5-8-21)6-9-22/h1-4,7,11,19,21-22H,5-6,8-10H2. The summed E-state index contributed by atoms with van der Waals surface area (Å²) >= 11 is 0. The van der Waals surface area contributed by atoms with Crippen LogP contribution < -0.4 is 5.32 Å². The molecule has 0 atom stereocenters. The van der Waals surface area contributed by atoms with E-state index in [1.807, 2.05) is 0 Å². The van der Waals surface area contributed by atoms with Gasteiger partial charge in [0.05, 0.1) is 5.52 Å². The van der Waals surface area contributed by atoms with E-state index in [0.29, 0.717) is 29.4 Å². The number of aliphatic hydroxyl groups excluding tert-OH is 2. The Kier molecular flexibility index (Phi) is 5.31. The van der Waals surface area contributed by atoms with Crippen LogP contribution in [0.2, 0.25) is 0 Å².